The molecule has 2 aliphatic heterocycles. The smallest absolute Gasteiger partial charge is 0.231 e. The Morgan fingerprint density at radius 3 is 2.46 bits per heavy atom. The highest BCUT2D eigenvalue weighted by atomic mass is 16.7. The van der Waals surface area contributed by atoms with Crippen LogP contribution in [0.5, 0.6) is 23.0 Å². The molecule has 0 bridgehead atoms. The zero-order valence-electron chi connectivity index (χ0n) is 23.4. The van der Waals surface area contributed by atoms with Crippen molar-refractivity contribution in [3.8, 4) is 23.0 Å². The highest BCUT2D eigenvalue weighted by Crippen LogP contribution is 2.42. The maximum atomic E-state index is 6.09. The van der Waals surface area contributed by atoms with E-state index in [1.54, 1.807) is 14.2 Å². The molecule has 0 saturated heterocycles. The lowest BCUT2D eigenvalue weighted by Crippen LogP contribution is -2.36. The third-order valence-electron chi connectivity index (χ3n) is 7.05. The van der Waals surface area contributed by atoms with Gasteiger partial charge in [0.25, 0.3) is 0 Å². The molecule has 0 N–H and O–H groups in total. The van der Waals surface area contributed by atoms with E-state index >= 15 is 0 Å². The number of hydrogen-bond donors (Lipinski definition) is 0. The fourth-order valence-corrected chi connectivity index (χ4v) is 4.82. The fraction of sp³-hybridized carbons (Fsp3) is 0.567. The Morgan fingerprint density at radius 1 is 1.05 bits per heavy atom. The lowest BCUT2D eigenvalue weighted by molar-refractivity contribution is -0.0145. The molecule has 37 heavy (non-hydrogen) atoms. The molecule has 7 heteroatoms. The number of nitrogens with zero attached hydrogens (tertiary/aromatic N) is 2. The van der Waals surface area contributed by atoms with Crippen LogP contribution in [0.1, 0.15) is 63.8 Å². The molecule has 0 amide bonds. The molecule has 0 spiro atoms. The molecular formula is C30H42N2O5. The molecule has 7 nitrogen and oxygen atoms in total. The summed E-state index contributed by atoms with van der Waals surface area (Å²) >= 11 is 0. The molecule has 202 valence electrons. The predicted molar refractivity (Wildman–Crippen MR) is 146 cm³/mol. The molecule has 2 heterocycles. The predicted octanol–water partition coefficient (Wildman–Crippen LogP) is 5.83. The number of aryl methyl sites for hydroxylation is 1. The van der Waals surface area contributed by atoms with Crippen LogP contribution in [0, 0.1) is 5.92 Å². The topological polar surface area (TPSA) is 61.8 Å². The summed E-state index contributed by atoms with van der Waals surface area (Å²) in [6.45, 7) is 12.5. The molecule has 2 aliphatic rings. The second-order valence-electron chi connectivity index (χ2n) is 11.1. The van der Waals surface area contributed by atoms with Gasteiger partial charge in [-0.1, -0.05) is 19.9 Å². The summed E-state index contributed by atoms with van der Waals surface area (Å²) in [4.78, 5) is 7.42. The van der Waals surface area contributed by atoms with Crippen LogP contribution in [0.2, 0.25) is 0 Å². The number of rotatable bonds is 10. The first-order valence-corrected chi connectivity index (χ1v) is 13.2. The van der Waals surface area contributed by atoms with Gasteiger partial charge in [0.1, 0.15) is 0 Å². The van der Waals surface area contributed by atoms with Gasteiger partial charge in [-0.05, 0) is 86.9 Å². The van der Waals surface area contributed by atoms with E-state index in [1.807, 2.05) is 6.07 Å². The van der Waals surface area contributed by atoms with Gasteiger partial charge in [-0.15, -0.1) is 0 Å². The van der Waals surface area contributed by atoms with Crippen molar-refractivity contribution >= 4 is 6.34 Å². The SMILES string of the molecule is COc1ccc(CC[C@H]2c3cc4c(cc3CCN2C=N[C@H](COC(C)(C)C)C(C)C)OCO4)cc1OC. The maximum absolute atomic E-state index is 6.09. The van der Waals surface area contributed by atoms with Gasteiger partial charge in [-0.25, -0.2) is 0 Å². The van der Waals surface area contributed by atoms with Gasteiger partial charge in [0, 0.05) is 6.54 Å². The summed E-state index contributed by atoms with van der Waals surface area (Å²) in [7, 11) is 3.34. The van der Waals surface area contributed by atoms with Crippen LogP contribution in [0.15, 0.2) is 35.3 Å². The first kappa shape index (κ1) is 27.1. The second kappa shape index (κ2) is 11.6. The van der Waals surface area contributed by atoms with E-state index in [9.17, 15) is 0 Å². The van der Waals surface area contributed by atoms with Gasteiger partial charge in [0.2, 0.25) is 6.79 Å². The van der Waals surface area contributed by atoms with Crippen molar-refractivity contribution < 1.29 is 23.7 Å². The van der Waals surface area contributed by atoms with E-state index in [2.05, 4.69) is 70.1 Å². The number of fused-ring (bicyclic) bond motifs is 2. The van der Waals surface area contributed by atoms with Gasteiger partial charge < -0.3 is 28.6 Å². The minimum absolute atomic E-state index is 0.101. The van der Waals surface area contributed by atoms with E-state index in [4.69, 9.17) is 28.7 Å². The molecule has 2 aromatic carbocycles. The monoisotopic (exact) mass is 510 g/mol. The van der Waals surface area contributed by atoms with Crippen molar-refractivity contribution in [3.05, 3.63) is 47.0 Å². The van der Waals surface area contributed by atoms with E-state index < -0.39 is 0 Å². The van der Waals surface area contributed by atoms with E-state index in [0.717, 1.165) is 48.8 Å². The normalized spacial score (nSPS) is 17.8. The Morgan fingerprint density at radius 2 is 1.78 bits per heavy atom. The number of benzene rings is 2. The largest absolute Gasteiger partial charge is 0.493 e. The average Bonchev–Trinajstić information content (AvgIpc) is 3.32. The number of ether oxygens (including phenoxy) is 5. The van der Waals surface area contributed by atoms with Crippen LogP contribution < -0.4 is 18.9 Å². The lowest BCUT2D eigenvalue weighted by Gasteiger charge is -2.37. The second-order valence-corrected chi connectivity index (χ2v) is 11.1. The highest BCUT2D eigenvalue weighted by Gasteiger charge is 2.29. The first-order valence-electron chi connectivity index (χ1n) is 13.2. The Labute approximate surface area is 221 Å². The summed E-state index contributed by atoms with van der Waals surface area (Å²) in [6, 6.07) is 10.8. The summed E-state index contributed by atoms with van der Waals surface area (Å²) < 4.78 is 28.4. The van der Waals surface area contributed by atoms with Gasteiger partial charge in [-0.3, -0.25) is 4.99 Å². The van der Waals surface area contributed by atoms with Crippen LogP contribution in [-0.4, -0.2) is 57.0 Å². The maximum Gasteiger partial charge on any atom is 0.231 e. The number of hydrogen-bond acceptors (Lipinski definition) is 6. The van der Waals surface area contributed by atoms with E-state index in [1.165, 1.54) is 16.7 Å². The Hall–Kier alpha value is -2.93. The standard InChI is InChI=1S/C30H42N2O5/c1-20(2)24(17-37-30(3,4)5)31-18-32-13-12-22-15-28-29(36-19-35-28)16-23(22)25(32)10-8-21-9-11-26(33-6)27(14-21)34-7/h9,11,14-16,18,20,24-25H,8,10,12-13,17,19H2,1-7H3/t24-,25+/m1/s1. The molecule has 0 saturated carbocycles. The molecule has 4 rings (SSSR count). The summed E-state index contributed by atoms with van der Waals surface area (Å²) in [5, 5.41) is 0. The quantitative estimate of drug-likeness (QED) is 0.296. The highest BCUT2D eigenvalue weighted by molar-refractivity contribution is 5.59. The Balaban J connectivity index is 1.58. The van der Waals surface area contributed by atoms with Gasteiger partial charge in [-0.2, -0.15) is 0 Å². The third kappa shape index (κ3) is 6.69. The van der Waals surface area contributed by atoms with Crippen molar-refractivity contribution in [2.24, 2.45) is 10.9 Å². The van der Waals surface area contributed by atoms with Crippen LogP contribution in [0.4, 0.5) is 0 Å². The first-order chi connectivity index (χ1) is 17.7. The lowest BCUT2D eigenvalue weighted by atomic mass is 9.88. The van der Waals surface area contributed by atoms with Crippen LogP contribution in [-0.2, 0) is 17.6 Å². The Kier molecular flexibility index (Phi) is 8.53. The van der Waals surface area contributed by atoms with Crippen molar-refractivity contribution in [1.82, 2.24) is 4.90 Å². The van der Waals surface area contributed by atoms with Crippen LogP contribution >= 0.6 is 0 Å². The van der Waals surface area contributed by atoms with Crippen LogP contribution in [0.3, 0.4) is 0 Å². The van der Waals surface area contributed by atoms with E-state index in [-0.39, 0.29) is 24.5 Å². The molecule has 2 atom stereocenters. The summed E-state index contributed by atoms with van der Waals surface area (Å²) in [5.74, 6) is 3.55. The molecule has 2 aromatic rings. The summed E-state index contributed by atoms with van der Waals surface area (Å²) in [6.07, 6.45) is 4.82. The van der Waals surface area contributed by atoms with Crippen LogP contribution in [0.25, 0.3) is 0 Å². The molecular weight excluding hydrogens is 468 g/mol. The zero-order chi connectivity index (χ0) is 26.6. The van der Waals surface area contributed by atoms with Crippen molar-refractivity contribution in [3.63, 3.8) is 0 Å². The number of aliphatic imine (C=N–C) groups is 1. The number of methoxy groups -OCH3 is 2. The van der Waals surface area contributed by atoms with E-state index in [0.29, 0.717) is 12.5 Å². The minimum atomic E-state index is -0.183. The zero-order valence-corrected chi connectivity index (χ0v) is 23.4. The molecule has 0 aromatic heterocycles. The summed E-state index contributed by atoms with van der Waals surface area (Å²) in [5.41, 5.74) is 3.63. The third-order valence-corrected chi connectivity index (χ3v) is 7.05. The van der Waals surface area contributed by atoms with Gasteiger partial charge >= 0.3 is 0 Å². The fourth-order valence-electron chi connectivity index (χ4n) is 4.82. The Bertz CT molecular complexity index is 1090. The van der Waals surface area contributed by atoms with Gasteiger partial charge in [0.05, 0.1) is 44.8 Å². The average molecular weight is 511 g/mol. The molecule has 0 radical (unpaired) electrons. The van der Waals surface area contributed by atoms with Crippen molar-refractivity contribution in [2.45, 2.75) is 71.6 Å². The molecule has 0 fully saturated rings. The molecule has 0 aliphatic carbocycles. The molecule has 0 unspecified atom stereocenters. The van der Waals surface area contributed by atoms with Crippen molar-refractivity contribution in [1.29, 1.82) is 0 Å². The van der Waals surface area contributed by atoms with Gasteiger partial charge in [0.15, 0.2) is 23.0 Å². The minimum Gasteiger partial charge on any atom is -0.493 e. The van der Waals surface area contributed by atoms with Crippen molar-refractivity contribution in [2.75, 3.05) is 34.2 Å².